The Morgan fingerprint density at radius 3 is 2.78 bits per heavy atom. The van der Waals surface area contributed by atoms with Crippen molar-refractivity contribution in [1.29, 1.82) is 0 Å². The van der Waals surface area contributed by atoms with Gasteiger partial charge in [0.15, 0.2) is 0 Å². The summed E-state index contributed by atoms with van der Waals surface area (Å²) in [6.07, 6.45) is 9.46. The summed E-state index contributed by atoms with van der Waals surface area (Å²) < 4.78 is 0. The number of amides is 1. The van der Waals surface area contributed by atoms with Gasteiger partial charge in [0.05, 0.1) is 0 Å². The van der Waals surface area contributed by atoms with Crippen LogP contribution in [0, 0.1) is 17.3 Å². The van der Waals surface area contributed by atoms with Gasteiger partial charge in [-0.2, -0.15) is 0 Å². The molecular weight excluding hydrogens is 222 g/mol. The molecule has 0 aromatic carbocycles. The molecule has 18 heavy (non-hydrogen) atoms. The van der Waals surface area contributed by atoms with Gasteiger partial charge in [-0.15, -0.1) is 0 Å². The molecule has 0 heterocycles. The fourth-order valence-corrected chi connectivity index (χ4v) is 3.93. The van der Waals surface area contributed by atoms with Gasteiger partial charge in [0.2, 0.25) is 6.41 Å². The number of rotatable bonds is 3. The van der Waals surface area contributed by atoms with Gasteiger partial charge in [-0.1, -0.05) is 32.4 Å². The van der Waals surface area contributed by atoms with E-state index in [0.29, 0.717) is 11.3 Å². The van der Waals surface area contributed by atoms with E-state index in [4.69, 9.17) is 0 Å². The van der Waals surface area contributed by atoms with Crippen LogP contribution < -0.4 is 5.32 Å². The first-order valence-electron chi connectivity index (χ1n) is 7.34. The minimum Gasteiger partial charge on any atom is -0.353 e. The molecule has 1 spiro atoms. The first-order valence-corrected chi connectivity index (χ1v) is 7.34. The lowest BCUT2D eigenvalue weighted by atomic mass is 9.66. The van der Waals surface area contributed by atoms with Crippen LogP contribution >= 0.6 is 0 Å². The second kappa shape index (κ2) is 4.71. The van der Waals surface area contributed by atoms with E-state index in [1.54, 1.807) is 5.57 Å². The molecule has 1 amide bonds. The fraction of sp³-hybridized carbons (Fsp3) is 0.812. The summed E-state index contributed by atoms with van der Waals surface area (Å²) in [4.78, 5) is 10.8. The maximum absolute atomic E-state index is 10.8. The van der Waals surface area contributed by atoms with Crippen LogP contribution in [-0.2, 0) is 4.79 Å². The van der Waals surface area contributed by atoms with E-state index in [2.05, 4.69) is 39.1 Å². The van der Waals surface area contributed by atoms with Crippen LogP contribution in [0.1, 0.15) is 59.8 Å². The molecule has 2 aliphatic rings. The van der Waals surface area contributed by atoms with Gasteiger partial charge in [-0.05, 0) is 56.3 Å². The molecule has 0 aliphatic heterocycles. The predicted molar refractivity (Wildman–Crippen MR) is 75.2 cm³/mol. The van der Waals surface area contributed by atoms with Gasteiger partial charge in [0.1, 0.15) is 0 Å². The summed E-state index contributed by atoms with van der Waals surface area (Å²) in [5.74, 6) is 1.41. The van der Waals surface area contributed by atoms with E-state index in [1.165, 1.54) is 19.3 Å². The zero-order chi connectivity index (χ0) is 13.4. The molecule has 1 N–H and O–H groups in total. The van der Waals surface area contributed by atoms with Crippen molar-refractivity contribution < 1.29 is 4.79 Å². The molecule has 0 saturated heterocycles. The molecule has 2 rings (SSSR count). The van der Waals surface area contributed by atoms with Crippen LogP contribution in [0.5, 0.6) is 0 Å². The Bertz CT molecular complexity index is 360. The quantitative estimate of drug-likeness (QED) is 0.600. The van der Waals surface area contributed by atoms with E-state index < -0.39 is 0 Å². The molecule has 1 fully saturated rings. The monoisotopic (exact) mass is 249 g/mol. The van der Waals surface area contributed by atoms with Gasteiger partial charge in [0, 0.05) is 5.54 Å². The Kier molecular flexibility index (Phi) is 3.57. The van der Waals surface area contributed by atoms with Crippen molar-refractivity contribution in [2.45, 2.75) is 65.3 Å². The van der Waals surface area contributed by atoms with Crippen LogP contribution in [0.4, 0.5) is 0 Å². The Labute approximate surface area is 111 Å². The molecule has 0 bridgehead atoms. The molecule has 0 unspecified atom stereocenters. The predicted octanol–water partition coefficient (Wildman–Crippen LogP) is 3.67. The number of nitrogens with one attached hydrogen (secondary N) is 1. The average Bonchev–Trinajstić information content (AvgIpc) is 2.62. The minimum absolute atomic E-state index is 0.00589. The van der Waals surface area contributed by atoms with Crippen LogP contribution in [-0.4, -0.2) is 11.9 Å². The Hall–Kier alpha value is -0.790. The number of carbonyl (C=O) groups excluding carboxylic acids is 1. The zero-order valence-electron chi connectivity index (χ0n) is 12.3. The molecule has 2 nitrogen and oxygen atoms in total. The van der Waals surface area contributed by atoms with Crippen LogP contribution in [0.3, 0.4) is 0 Å². The highest BCUT2D eigenvalue weighted by Gasteiger charge is 2.48. The van der Waals surface area contributed by atoms with Gasteiger partial charge in [-0.25, -0.2) is 0 Å². The van der Waals surface area contributed by atoms with E-state index in [1.807, 2.05) is 0 Å². The molecule has 102 valence electrons. The molecule has 2 heteroatoms. The van der Waals surface area contributed by atoms with Crippen molar-refractivity contribution in [3.8, 4) is 0 Å². The second-order valence-electron chi connectivity index (χ2n) is 7.05. The topological polar surface area (TPSA) is 29.1 Å². The molecular formula is C16H27NO. The molecule has 0 aromatic rings. The second-order valence-corrected chi connectivity index (χ2v) is 7.05. The third kappa shape index (κ3) is 2.34. The summed E-state index contributed by atoms with van der Waals surface area (Å²) in [6, 6.07) is 0. The van der Waals surface area contributed by atoms with Crippen molar-refractivity contribution in [3.63, 3.8) is 0 Å². The molecule has 0 radical (unpaired) electrons. The van der Waals surface area contributed by atoms with Gasteiger partial charge >= 0.3 is 0 Å². The zero-order valence-corrected chi connectivity index (χ0v) is 12.3. The Morgan fingerprint density at radius 1 is 1.44 bits per heavy atom. The lowest BCUT2D eigenvalue weighted by molar-refractivity contribution is -0.111. The third-order valence-electron chi connectivity index (χ3n) is 5.33. The van der Waals surface area contributed by atoms with Gasteiger partial charge in [0.25, 0.3) is 0 Å². The van der Waals surface area contributed by atoms with E-state index >= 15 is 0 Å². The van der Waals surface area contributed by atoms with E-state index in [0.717, 1.165) is 25.2 Å². The van der Waals surface area contributed by atoms with Crippen molar-refractivity contribution in [2.75, 3.05) is 0 Å². The Morgan fingerprint density at radius 2 is 2.17 bits per heavy atom. The summed E-state index contributed by atoms with van der Waals surface area (Å²) >= 11 is 0. The lowest BCUT2D eigenvalue weighted by Gasteiger charge is -2.40. The van der Waals surface area contributed by atoms with Crippen molar-refractivity contribution in [1.82, 2.24) is 5.32 Å². The van der Waals surface area contributed by atoms with Crippen molar-refractivity contribution >= 4 is 6.41 Å². The first kappa shape index (κ1) is 13.6. The smallest absolute Gasteiger partial charge is 0.207 e. The summed E-state index contributed by atoms with van der Waals surface area (Å²) in [7, 11) is 0. The maximum atomic E-state index is 10.8. The summed E-state index contributed by atoms with van der Waals surface area (Å²) in [6.45, 7) is 9.18. The number of hydrogen-bond donors (Lipinski definition) is 1. The van der Waals surface area contributed by atoms with E-state index in [-0.39, 0.29) is 5.54 Å². The van der Waals surface area contributed by atoms with Crippen molar-refractivity contribution in [3.05, 3.63) is 11.6 Å². The van der Waals surface area contributed by atoms with Gasteiger partial charge < -0.3 is 5.32 Å². The molecule has 2 aliphatic carbocycles. The first-order chi connectivity index (χ1) is 8.41. The number of hydrogen-bond acceptors (Lipinski definition) is 1. The molecule has 1 saturated carbocycles. The fourth-order valence-electron chi connectivity index (χ4n) is 3.93. The van der Waals surface area contributed by atoms with Crippen LogP contribution in [0.15, 0.2) is 11.6 Å². The van der Waals surface area contributed by atoms with E-state index in [9.17, 15) is 4.79 Å². The molecule has 3 atom stereocenters. The van der Waals surface area contributed by atoms with Crippen molar-refractivity contribution in [2.24, 2.45) is 17.3 Å². The maximum Gasteiger partial charge on any atom is 0.207 e. The largest absolute Gasteiger partial charge is 0.353 e. The number of carbonyl (C=O) groups is 1. The normalized spacial score (nSPS) is 40.1. The van der Waals surface area contributed by atoms with Gasteiger partial charge in [-0.3, -0.25) is 4.79 Å². The minimum atomic E-state index is 0.00589. The Balaban J connectivity index is 2.25. The SMILES string of the molecule is CC(C)C1=C[C@@]2(CC[C@@](C)(NC=O)C2)[C@@H](C)CC1. The van der Waals surface area contributed by atoms with Crippen LogP contribution in [0.25, 0.3) is 0 Å². The summed E-state index contributed by atoms with van der Waals surface area (Å²) in [5, 5.41) is 3.05. The highest BCUT2D eigenvalue weighted by molar-refractivity contribution is 5.48. The summed E-state index contributed by atoms with van der Waals surface area (Å²) in [5.41, 5.74) is 1.97. The molecule has 0 aromatic heterocycles. The standard InChI is InChI=1S/C16H27NO/c1-12(2)14-6-5-13(3)16(9-14)8-7-15(4,10-16)17-11-18/h9,11-13H,5-8,10H2,1-4H3,(H,17,18)/t13-,15+,16+/m0/s1. The van der Waals surface area contributed by atoms with Crippen LogP contribution in [0.2, 0.25) is 0 Å². The average molecular weight is 249 g/mol. The third-order valence-corrected chi connectivity index (χ3v) is 5.33. The highest BCUT2D eigenvalue weighted by atomic mass is 16.1. The lowest BCUT2D eigenvalue weighted by Crippen LogP contribution is -2.41. The number of allylic oxidation sites excluding steroid dienone is 2. The highest BCUT2D eigenvalue weighted by Crippen LogP contribution is 2.54.